The van der Waals surface area contributed by atoms with Crippen molar-refractivity contribution in [1.29, 1.82) is 0 Å². The second-order valence-corrected chi connectivity index (χ2v) is 9.14. The van der Waals surface area contributed by atoms with Crippen molar-refractivity contribution < 1.29 is 9.47 Å². The minimum atomic E-state index is 0.157. The van der Waals surface area contributed by atoms with Gasteiger partial charge in [-0.2, -0.15) is 0 Å². The Morgan fingerprint density at radius 3 is 2.40 bits per heavy atom. The molecule has 1 saturated heterocycles. The topological polar surface area (TPSA) is 88.5 Å². The van der Waals surface area contributed by atoms with Crippen molar-refractivity contribution in [3.63, 3.8) is 0 Å². The van der Waals surface area contributed by atoms with Gasteiger partial charge in [0.15, 0.2) is 0 Å². The molecule has 0 bridgehead atoms. The first-order valence-corrected chi connectivity index (χ1v) is 12.8. The van der Waals surface area contributed by atoms with E-state index in [0.717, 1.165) is 93.2 Å². The third kappa shape index (κ3) is 5.56. The van der Waals surface area contributed by atoms with Crippen LogP contribution in [0.3, 0.4) is 0 Å². The number of aromatic nitrogens is 4. The van der Waals surface area contributed by atoms with Crippen LogP contribution < -0.4 is 19.9 Å². The molecule has 1 N–H and O–H groups in total. The molecule has 2 aliphatic rings. The maximum atomic E-state index is 6.54. The Balaban J connectivity index is 1.21. The summed E-state index contributed by atoms with van der Waals surface area (Å²) in [6.45, 7) is 9.43. The van der Waals surface area contributed by atoms with Gasteiger partial charge in [0.25, 0.3) is 0 Å². The van der Waals surface area contributed by atoms with Crippen molar-refractivity contribution in [3.8, 4) is 5.75 Å². The summed E-state index contributed by atoms with van der Waals surface area (Å²) in [7, 11) is 0. The van der Waals surface area contributed by atoms with Gasteiger partial charge >= 0.3 is 0 Å². The van der Waals surface area contributed by atoms with Crippen molar-refractivity contribution in [3.05, 3.63) is 36.9 Å². The number of fused-ring (bicyclic) bond motifs is 1. The Morgan fingerprint density at radius 1 is 0.971 bits per heavy atom. The molecule has 1 aromatic carbocycles. The van der Waals surface area contributed by atoms with Gasteiger partial charge in [-0.3, -0.25) is 4.98 Å². The highest BCUT2D eigenvalue weighted by Gasteiger charge is 2.24. The van der Waals surface area contributed by atoms with E-state index in [9.17, 15) is 0 Å². The SMILES string of the molecule is CCN(CC)c1cnc(NC2CCC(Oc3cc(N4CCOCC4)cc4nccnc34)CC2)nc1. The zero-order chi connectivity index (χ0) is 24.0. The molecule has 9 nitrogen and oxygen atoms in total. The Bertz CT molecular complexity index is 1090. The van der Waals surface area contributed by atoms with Crippen molar-refractivity contribution in [2.24, 2.45) is 0 Å². The average molecular weight is 478 g/mol. The zero-order valence-corrected chi connectivity index (χ0v) is 20.7. The van der Waals surface area contributed by atoms with Crippen LogP contribution in [0.2, 0.25) is 0 Å². The van der Waals surface area contributed by atoms with Crippen LogP contribution in [0.5, 0.6) is 5.75 Å². The van der Waals surface area contributed by atoms with E-state index < -0.39 is 0 Å². The van der Waals surface area contributed by atoms with E-state index in [2.05, 4.69) is 61.0 Å². The van der Waals surface area contributed by atoms with Crippen LogP contribution in [0, 0.1) is 0 Å². The third-order valence-corrected chi connectivity index (χ3v) is 6.97. The van der Waals surface area contributed by atoms with Crippen molar-refractivity contribution in [2.75, 3.05) is 54.5 Å². The normalized spacial score (nSPS) is 20.6. The van der Waals surface area contributed by atoms with E-state index >= 15 is 0 Å². The van der Waals surface area contributed by atoms with Crippen molar-refractivity contribution >= 4 is 28.4 Å². The number of benzene rings is 1. The first-order valence-electron chi connectivity index (χ1n) is 12.8. The van der Waals surface area contributed by atoms with Gasteiger partial charge in [-0.25, -0.2) is 15.0 Å². The molecule has 9 heteroatoms. The van der Waals surface area contributed by atoms with Crippen LogP contribution in [0.4, 0.5) is 17.3 Å². The van der Waals surface area contributed by atoms with Crippen LogP contribution in [0.25, 0.3) is 11.0 Å². The molecule has 0 atom stereocenters. The molecule has 1 saturated carbocycles. The van der Waals surface area contributed by atoms with E-state index in [1.807, 2.05) is 12.4 Å². The molecule has 1 aliphatic heterocycles. The first-order chi connectivity index (χ1) is 17.2. The predicted molar refractivity (Wildman–Crippen MR) is 138 cm³/mol. The summed E-state index contributed by atoms with van der Waals surface area (Å²) in [5.74, 6) is 1.52. The van der Waals surface area contributed by atoms with Crippen LogP contribution >= 0.6 is 0 Å². The molecule has 0 amide bonds. The van der Waals surface area contributed by atoms with E-state index in [1.54, 1.807) is 12.4 Å². The summed E-state index contributed by atoms with van der Waals surface area (Å²) in [6.07, 6.45) is 11.4. The van der Waals surface area contributed by atoms with E-state index in [1.165, 1.54) is 0 Å². The molecule has 3 aromatic rings. The van der Waals surface area contributed by atoms with Gasteiger partial charge in [0.2, 0.25) is 5.95 Å². The van der Waals surface area contributed by atoms with Gasteiger partial charge < -0.3 is 24.6 Å². The number of ether oxygens (including phenoxy) is 2. The summed E-state index contributed by atoms with van der Waals surface area (Å²) in [5, 5.41) is 3.51. The molecular formula is C26H35N7O2. The smallest absolute Gasteiger partial charge is 0.222 e. The molecule has 186 valence electrons. The lowest BCUT2D eigenvalue weighted by Crippen LogP contribution is -2.36. The quantitative estimate of drug-likeness (QED) is 0.519. The monoisotopic (exact) mass is 477 g/mol. The lowest BCUT2D eigenvalue weighted by Gasteiger charge is -2.31. The second kappa shape index (κ2) is 11.0. The average Bonchev–Trinajstić information content (AvgIpc) is 2.92. The molecule has 2 aromatic heterocycles. The molecule has 0 spiro atoms. The van der Waals surface area contributed by atoms with Crippen LogP contribution in [0.15, 0.2) is 36.9 Å². The fourth-order valence-corrected chi connectivity index (χ4v) is 4.96. The maximum Gasteiger partial charge on any atom is 0.222 e. The molecule has 3 heterocycles. The Kier molecular flexibility index (Phi) is 7.42. The van der Waals surface area contributed by atoms with Gasteiger partial charge in [0, 0.05) is 56.4 Å². The van der Waals surface area contributed by atoms with E-state index in [0.29, 0.717) is 12.0 Å². The minimum Gasteiger partial charge on any atom is -0.488 e. The van der Waals surface area contributed by atoms with Crippen molar-refractivity contribution in [1.82, 2.24) is 19.9 Å². The summed E-state index contributed by atoms with van der Waals surface area (Å²) in [6, 6.07) is 4.58. The number of hydrogen-bond acceptors (Lipinski definition) is 9. The van der Waals surface area contributed by atoms with Gasteiger partial charge in [-0.15, -0.1) is 0 Å². The van der Waals surface area contributed by atoms with E-state index in [-0.39, 0.29) is 6.10 Å². The fraction of sp³-hybridized carbons (Fsp3) is 0.538. The highest BCUT2D eigenvalue weighted by atomic mass is 16.5. The Labute approximate surface area is 206 Å². The van der Waals surface area contributed by atoms with Gasteiger partial charge in [0.05, 0.1) is 42.9 Å². The van der Waals surface area contributed by atoms with Gasteiger partial charge in [0.1, 0.15) is 11.3 Å². The first kappa shape index (κ1) is 23.5. The minimum absolute atomic E-state index is 0.157. The second-order valence-electron chi connectivity index (χ2n) is 9.14. The predicted octanol–water partition coefficient (Wildman–Crippen LogP) is 3.90. The lowest BCUT2D eigenvalue weighted by molar-refractivity contribution is 0.122. The molecule has 0 unspecified atom stereocenters. The lowest BCUT2D eigenvalue weighted by atomic mass is 9.93. The maximum absolute atomic E-state index is 6.54. The molecule has 1 aliphatic carbocycles. The zero-order valence-electron chi connectivity index (χ0n) is 20.7. The standard InChI is InChI=1S/C26H35N7O2/c1-3-32(4-2)21-17-29-26(30-18-21)31-19-5-7-22(8-6-19)35-24-16-20(33-11-13-34-14-12-33)15-23-25(24)28-10-9-27-23/h9-10,15-19,22H,3-8,11-14H2,1-2H3,(H,29,30,31). The number of nitrogens with zero attached hydrogens (tertiary/aromatic N) is 6. The molecule has 2 fully saturated rings. The van der Waals surface area contributed by atoms with Gasteiger partial charge in [-0.1, -0.05) is 0 Å². The third-order valence-electron chi connectivity index (χ3n) is 6.97. The fourth-order valence-electron chi connectivity index (χ4n) is 4.96. The number of anilines is 3. The number of rotatable bonds is 8. The Morgan fingerprint density at radius 2 is 1.69 bits per heavy atom. The Hall–Kier alpha value is -3.20. The highest BCUT2D eigenvalue weighted by molar-refractivity contribution is 5.85. The number of hydrogen-bond donors (Lipinski definition) is 1. The molecule has 35 heavy (non-hydrogen) atoms. The highest BCUT2D eigenvalue weighted by Crippen LogP contribution is 2.33. The van der Waals surface area contributed by atoms with Crippen LogP contribution in [0.1, 0.15) is 39.5 Å². The largest absolute Gasteiger partial charge is 0.488 e. The molecule has 5 rings (SSSR count). The summed E-state index contributed by atoms with van der Waals surface area (Å²) in [5.41, 5.74) is 3.88. The van der Waals surface area contributed by atoms with Crippen molar-refractivity contribution in [2.45, 2.75) is 51.7 Å². The van der Waals surface area contributed by atoms with Gasteiger partial charge in [-0.05, 0) is 45.6 Å². The number of morpholine rings is 1. The van der Waals surface area contributed by atoms with Crippen LogP contribution in [-0.2, 0) is 4.74 Å². The summed E-state index contributed by atoms with van der Waals surface area (Å²) >= 11 is 0. The summed E-state index contributed by atoms with van der Waals surface area (Å²) in [4.78, 5) is 22.8. The summed E-state index contributed by atoms with van der Waals surface area (Å²) < 4.78 is 12.1. The molecule has 0 radical (unpaired) electrons. The molecular weight excluding hydrogens is 442 g/mol. The van der Waals surface area contributed by atoms with E-state index in [4.69, 9.17) is 9.47 Å². The number of nitrogens with one attached hydrogen (secondary N) is 1. The van der Waals surface area contributed by atoms with Crippen LogP contribution in [-0.4, -0.2) is 71.5 Å².